The van der Waals surface area contributed by atoms with Gasteiger partial charge in [0.15, 0.2) is 11.6 Å². The van der Waals surface area contributed by atoms with Crippen molar-refractivity contribution in [3.63, 3.8) is 0 Å². The lowest BCUT2D eigenvalue weighted by Crippen LogP contribution is -2.44. The van der Waals surface area contributed by atoms with Crippen LogP contribution in [0, 0.1) is 11.9 Å². The third kappa shape index (κ3) is 3.96. The van der Waals surface area contributed by atoms with Gasteiger partial charge in [0.25, 0.3) is 0 Å². The van der Waals surface area contributed by atoms with Crippen molar-refractivity contribution in [2.24, 2.45) is 0 Å². The van der Waals surface area contributed by atoms with Gasteiger partial charge in [0.1, 0.15) is 0 Å². The number of benzene rings is 1. The molecule has 1 aromatic rings. The maximum Gasteiger partial charge on any atom is 0.165 e. The average molecular weight is 251 g/mol. The van der Waals surface area contributed by atoms with Gasteiger partial charge in [-0.3, -0.25) is 0 Å². The molecule has 18 heavy (non-hydrogen) atoms. The number of piperazine rings is 1. The summed E-state index contributed by atoms with van der Waals surface area (Å²) in [5.41, 5.74) is 0. The Morgan fingerprint density at radius 2 is 2.11 bits per heavy atom. The predicted molar refractivity (Wildman–Crippen MR) is 69.3 cm³/mol. The molecule has 0 aliphatic carbocycles. The van der Waals surface area contributed by atoms with Gasteiger partial charge in [-0.15, -0.1) is 0 Å². The Labute approximate surface area is 108 Å². The lowest BCUT2D eigenvalue weighted by molar-refractivity contribution is 0.145. The van der Waals surface area contributed by atoms with Crippen molar-refractivity contribution in [2.45, 2.75) is 6.42 Å². The normalized spacial score (nSPS) is 17.9. The summed E-state index contributed by atoms with van der Waals surface area (Å²) >= 11 is 0. The third-order valence-electron chi connectivity index (χ3n) is 3.25. The molecule has 0 spiro atoms. The zero-order valence-corrected chi connectivity index (χ0v) is 10.9. The van der Waals surface area contributed by atoms with Crippen molar-refractivity contribution < 1.29 is 9.13 Å². The molecule has 2 rings (SSSR count). The van der Waals surface area contributed by atoms with Crippen molar-refractivity contribution >= 4 is 0 Å². The van der Waals surface area contributed by atoms with Gasteiger partial charge in [0, 0.05) is 32.7 Å². The fourth-order valence-electron chi connectivity index (χ4n) is 2.05. The standard InChI is InChI=1S/C14H20FN2O/c1-16-8-10-17(11-9-16)7-4-12-18-14-6-3-2-5-13(14)15/h3,5-6H,4,7-12H2,1H3. The second-order valence-corrected chi connectivity index (χ2v) is 4.70. The Hall–Kier alpha value is -1.13. The van der Waals surface area contributed by atoms with Gasteiger partial charge in [0.2, 0.25) is 0 Å². The number of ether oxygens (including phenoxy) is 1. The molecule has 0 saturated carbocycles. The quantitative estimate of drug-likeness (QED) is 0.740. The van der Waals surface area contributed by atoms with Gasteiger partial charge in [0.05, 0.1) is 6.61 Å². The number of nitrogens with zero attached hydrogens (tertiary/aromatic N) is 2. The molecule has 1 aromatic carbocycles. The molecular weight excluding hydrogens is 231 g/mol. The summed E-state index contributed by atoms with van der Waals surface area (Å²) < 4.78 is 18.7. The molecule has 1 aliphatic rings. The van der Waals surface area contributed by atoms with Crippen LogP contribution in [0.2, 0.25) is 0 Å². The van der Waals surface area contributed by atoms with Gasteiger partial charge >= 0.3 is 0 Å². The summed E-state index contributed by atoms with van der Waals surface area (Å²) in [7, 11) is 2.15. The number of halogens is 1. The Kier molecular flexibility index (Phi) is 4.96. The maximum atomic E-state index is 13.2. The Morgan fingerprint density at radius 3 is 2.83 bits per heavy atom. The SMILES string of the molecule is CN1CCN(CCCOc2cc[c]cc2F)CC1. The minimum Gasteiger partial charge on any atom is -0.490 e. The second-order valence-electron chi connectivity index (χ2n) is 4.70. The van der Waals surface area contributed by atoms with Crippen LogP contribution in [0.3, 0.4) is 0 Å². The highest BCUT2D eigenvalue weighted by Crippen LogP contribution is 2.15. The Balaban J connectivity index is 1.63. The first-order valence-electron chi connectivity index (χ1n) is 6.45. The minimum atomic E-state index is -0.336. The number of hydrogen-bond acceptors (Lipinski definition) is 3. The molecule has 4 heteroatoms. The molecule has 0 bridgehead atoms. The maximum absolute atomic E-state index is 13.2. The van der Waals surface area contributed by atoms with Crippen LogP contribution < -0.4 is 4.74 Å². The summed E-state index contributed by atoms with van der Waals surface area (Å²) in [6, 6.07) is 7.26. The van der Waals surface area contributed by atoms with Crippen LogP contribution >= 0.6 is 0 Å². The molecule has 1 radical (unpaired) electrons. The van der Waals surface area contributed by atoms with Crippen molar-refractivity contribution in [1.82, 2.24) is 9.80 Å². The highest BCUT2D eigenvalue weighted by molar-refractivity contribution is 5.22. The van der Waals surface area contributed by atoms with Gasteiger partial charge in [-0.2, -0.15) is 0 Å². The van der Waals surface area contributed by atoms with E-state index in [4.69, 9.17) is 4.74 Å². The van der Waals surface area contributed by atoms with E-state index in [1.54, 1.807) is 12.1 Å². The molecule has 0 atom stereocenters. The topological polar surface area (TPSA) is 15.7 Å². The molecule has 1 saturated heterocycles. The fourth-order valence-corrected chi connectivity index (χ4v) is 2.05. The highest BCUT2D eigenvalue weighted by atomic mass is 19.1. The zero-order chi connectivity index (χ0) is 12.8. The Morgan fingerprint density at radius 1 is 1.33 bits per heavy atom. The smallest absolute Gasteiger partial charge is 0.165 e. The summed E-state index contributed by atoms with van der Waals surface area (Å²) in [5.74, 6) is -0.00998. The summed E-state index contributed by atoms with van der Waals surface area (Å²) in [5, 5.41) is 0. The summed E-state index contributed by atoms with van der Waals surface area (Å²) in [6.07, 6.45) is 0.932. The van der Waals surface area contributed by atoms with Crippen LogP contribution in [-0.4, -0.2) is 56.2 Å². The lowest BCUT2D eigenvalue weighted by Gasteiger charge is -2.32. The molecule has 1 fully saturated rings. The van der Waals surface area contributed by atoms with E-state index < -0.39 is 0 Å². The largest absolute Gasteiger partial charge is 0.490 e. The van der Waals surface area contributed by atoms with E-state index in [0.29, 0.717) is 12.4 Å². The van der Waals surface area contributed by atoms with E-state index in [1.165, 1.54) is 6.07 Å². The summed E-state index contributed by atoms with van der Waals surface area (Å²) in [6.45, 7) is 6.08. The molecule has 3 nitrogen and oxygen atoms in total. The molecule has 0 aromatic heterocycles. The van der Waals surface area contributed by atoms with Gasteiger partial charge < -0.3 is 14.5 Å². The third-order valence-corrected chi connectivity index (χ3v) is 3.25. The number of hydrogen-bond donors (Lipinski definition) is 0. The van der Waals surface area contributed by atoms with Crippen LogP contribution in [0.15, 0.2) is 18.2 Å². The predicted octanol–water partition coefficient (Wildman–Crippen LogP) is 1.64. The van der Waals surface area contributed by atoms with E-state index in [2.05, 4.69) is 22.9 Å². The van der Waals surface area contributed by atoms with Gasteiger partial charge in [-0.25, -0.2) is 4.39 Å². The fraction of sp³-hybridized carbons (Fsp3) is 0.571. The molecule has 0 amide bonds. The van der Waals surface area contributed by atoms with E-state index in [1.807, 2.05) is 0 Å². The lowest BCUT2D eigenvalue weighted by atomic mass is 10.3. The monoisotopic (exact) mass is 251 g/mol. The first kappa shape index (κ1) is 13.3. The van der Waals surface area contributed by atoms with Crippen molar-refractivity contribution in [3.05, 3.63) is 30.1 Å². The molecule has 1 heterocycles. The first-order valence-corrected chi connectivity index (χ1v) is 6.45. The molecule has 0 unspecified atom stereocenters. The molecule has 99 valence electrons. The van der Waals surface area contributed by atoms with E-state index in [-0.39, 0.29) is 5.82 Å². The van der Waals surface area contributed by atoms with Gasteiger partial charge in [-0.05, 0) is 31.7 Å². The van der Waals surface area contributed by atoms with Gasteiger partial charge in [-0.1, -0.05) is 6.07 Å². The zero-order valence-electron chi connectivity index (χ0n) is 10.9. The van der Waals surface area contributed by atoms with E-state index >= 15 is 0 Å². The molecular formula is C14H20FN2O. The van der Waals surface area contributed by atoms with Crippen LogP contribution in [0.4, 0.5) is 4.39 Å². The number of rotatable bonds is 5. The van der Waals surface area contributed by atoms with Crippen LogP contribution in [0.1, 0.15) is 6.42 Å². The molecule has 1 aliphatic heterocycles. The van der Waals surface area contributed by atoms with Crippen molar-refractivity contribution in [3.8, 4) is 5.75 Å². The van der Waals surface area contributed by atoms with Crippen molar-refractivity contribution in [1.29, 1.82) is 0 Å². The van der Waals surface area contributed by atoms with Crippen LogP contribution in [-0.2, 0) is 0 Å². The summed E-state index contributed by atoms with van der Waals surface area (Å²) in [4.78, 5) is 4.77. The van der Waals surface area contributed by atoms with E-state index in [9.17, 15) is 4.39 Å². The van der Waals surface area contributed by atoms with Crippen molar-refractivity contribution in [2.75, 3.05) is 46.4 Å². The van der Waals surface area contributed by atoms with Crippen LogP contribution in [0.25, 0.3) is 0 Å². The Bertz CT molecular complexity index is 365. The highest BCUT2D eigenvalue weighted by Gasteiger charge is 2.12. The number of likely N-dealkylation sites (N-methyl/N-ethyl adjacent to an activating group) is 1. The van der Waals surface area contributed by atoms with E-state index in [0.717, 1.165) is 39.1 Å². The average Bonchev–Trinajstić information content (AvgIpc) is 2.39. The second kappa shape index (κ2) is 6.71. The van der Waals surface area contributed by atoms with Crippen LogP contribution in [0.5, 0.6) is 5.75 Å². The first-order chi connectivity index (χ1) is 8.75. The molecule has 0 N–H and O–H groups in total. The minimum absolute atomic E-state index is 0.326.